The van der Waals surface area contributed by atoms with Crippen LogP contribution in [0.1, 0.15) is 26.0 Å². The first-order valence-corrected chi connectivity index (χ1v) is 7.76. The molecule has 114 valence electrons. The molecule has 0 unspecified atom stereocenters. The predicted octanol–water partition coefficient (Wildman–Crippen LogP) is 1.42. The summed E-state index contributed by atoms with van der Waals surface area (Å²) in [6.45, 7) is 6.14. The van der Waals surface area contributed by atoms with Crippen molar-refractivity contribution < 1.29 is 0 Å². The van der Waals surface area contributed by atoms with E-state index < -0.39 is 0 Å². The number of hydrogen-bond donors (Lipinski definition) is 1. The van der Waals surface area contributed by atoms with Crippen LogP contribution in [-0.4, -0.2) is 39.5 Å². The van der Waals surface area contributed by atoms with Crippen molar-refractivity contribution in [3.63, 3.8) is 0 Å². The van der Waals surface area contributed by atoms with Crippen molar-refractivity contribution in [2.24, 2.45) is 0 Å². The van der Waals surface area contributed by atoms with E-state index in [1.54, 1.807) is 12.3 Å². The fraction of sp³-hybridized carbons (Fsp3) is 0.538. The summed E-state index contributed by atoms with van der Waals surface area (Å²) in [6, 6.07) is 1.59. The molecular formula is C13H20N6OS. The van der Waals surface area contributed by atoms with Gasteiger partial charge in [-0.15, -0.1) is 5.10 Å². The Bertz CT molecular complexity index is 638. The Morgan fingerprint density at radius 2 is 2.24 bits per heavy atom. The molecule has 0 aromatic carbocycles. The molecule has 2 rings (SSSR count). The van der Waals surface area contributed by atoms with E-state index in [1.165, 1.54) is 16.2 Å². The van der Waals surface area contributed by atoms with Crippen LogP contribution >= 0.6 is 11.5 Å². The van der Waals surface area contributed by atoms with Gasteiger partial charge in [0.2, 0.25) is 0 Å². The maximum atomic E-state index is 12.1. The number of nitrogens with zero attached hydrogens (tertiary/aromatic N) is 5. The molecule has 0 saturated heterocycles. The first kappa shape index (κ1) is 15.4. The summed E-state index contributed by atoms with van der Waals surface area (Å²) in [5.74, 6) is 0. The molecule has 7 nitrogen and oxygen atoms in total. The highest BCUT2D eigenvalue weighted by Gasteiger charge is 2.10. The van der Waals surface area contributed by atoms with Crippen LogP contribution in [0, 0.1) is 0 Å². The second kappa shape index (κ2) is 7.16. The van der Waals surface area contributed by atoms with E-state index in [0.29, 0.717) is 6.54 Å². The van der Waals surface area contributed by atoms with Gasteiger partial charge < -0.3 is 10.2 Å². The predicted molar refractivity (Wildman–Crippen MR) is 85.2 cm³/mol. The van der Waals surface area contributed by atoms with Crippen molar-refractivity contribution in [1.82, 2.24) is 19.4 Å². The van der Waals surface area contributed by atoms with Crippen molar-refractivity contribution >= 4 is 22.2 Å². The highest BCUT2D eigenvalue weighted by atomic mass is 32.1. The molecule has 0 radical (unpaired) electrons. The zero-order valence-corrected chi connectivity index (χ0v) is 13.4. The lowest BCUT2D eigenvalue weighted by Gasteiger charge is -2.16. The van der Waals surface area contributed by atoms with Crippen LogP contribution in [0.25, 0.3) is 0 Å². The smallest absolute Gasteiger partial charge is 0.269 e. The monoisotopic (exact) mass is 308 g/mol. The summed E-state index contributed by atoms with van der Waals surface area (Å²) >= 11 is 1.30. The summed E-state index contributed by atoms with van der Waals surface area (Å²) < 4.78 is 5.34. The zero-order valence-electron chi connectivity index (χ0n) is 12.5. The van der Waals surface area contributed by atoms with Crippen LogP contribution in [0.3, 0.4) is 0 Å². The zero-order chi connectivity index (χ0) is 15.2. The molecule has 1 N–H and O–H groups in total. The van der Waals surface area contributed by atoms with Gasteiger partial charge in [0, 0.05) is 37.7 Å². The van der Waals surface area contributed by atoms with E-state index in [1.807, 2.05) is 18.9 Å². The number of aromatic nitrogens is 4. The molecule has 0 bridgehead atoms. The van der Waals surface area contributed by atoms with Crippen molar-refractivity contribution in [2.45, 2.75) is 26.8 Å². The Morgan fingerprint density at radius 1 is 1.43 bits per heavy atom. The third kappa shape index (κ3) is 3.78. The fourth-order valence-electron chi connectivity index (χ4n) is 1.76. The van der Waals surface area contributed by atoms with Gasteiger partial charge in [0.1, 0.15) is 10.7 Å². The van der Waals surface area contributed by atoms with Crippen LogP contribution in [0.4, 0.5) is 10.7 Å². The van der Waals surface area contributed by atoms with Gasteiger partial charge >= 0.3 is 0 Å². The van der Waals surface area contributed by atoms with Gasteiger partial charge in [-0.3, -0.25) is 4.79 Å². The minimum Gasteiger partial charge on any atom is -0.374 e. The minimum absolute atomic E-state index is 0.137. The van der Waals surface area contributed by atoms with E-state index in [0.717, 1.165) is 35.9 Å². The maximum Gasteiger partial charge on any atom is 0.269 e. The Kier molecular flexibility index (Phi) is 5.26. The lowest BCUT2D eigenvalue weighted by atomic mass is 10.4. The quantitative estimate of drug-likeness (QED) is 0.834. The number of anilines is 2. The fourth-order valence-corrected chi connectivity index (χ4v) is 2.36. The van der Waals surface area contributed by atoms with Crippen LogP contribution < -0.4 is 15.8 Å². The van der Waals surface area contributed by atoms with Crippen molar-refractivity contribution in [3.05, 3.63) is 28.3 Å². The summed E-state index contributed by atoms with van der Waals surface area (Å²) in [5.41, 5.74) is 1.43. The Hall–Kier alpha value is -1.96. The molecule has 0 aliphatic heterocycles. The normalized spacial score (nSPS) is 10.6. The summed E-state index contributed by atoms with van der Waals surface area (Å²) in [7, 11) is 1.93. The molecule has 0 fully saturated rings. The average molecular weight is 308 g/mol. The molecular weight excluding hydrogens is 288 g/mol. The molecule has 8 heteroatoms. The average Bonchev–Trinajstić information content (AvgIpc) is 2.93. The molecule has 0 aliphatic rings. The highest BCUT2D eigenvalue weighted by molar-refractivity contribution is 7.10. The van der Waals surface area contributed by atoms with E-state index in [9.17, 15) is 4.79 Å². The molecule has 0 amide bonds. The molecule has 0 spiro atoms. The van der Waals surface area contributed by atoms with Crippen molar-refractivity contribution in [1.29, 1.82) is 0 Å². The van der Waals surface area contributed by atoms with Crippen LogP contribution in [0.15, 0.2) is 17.1 Å². The molecule has 0 atom stereocenters. The number of hydrogen-bond acceptors (Lipinski definition) is 7. The van der Waals surface area contributed by atoms with E-state index >= 15 is 0 Å². The SMILES string of the molecule is CCCNc1snnc1Cn1ncc(N(C)CC)cc1=O. The highest BCUT2D eigenvalue weighted by Crippen LogP contribution is 2.18. The van der Waals surface area contributed by atoms with Gasteiger partial charge in [-0.1, -0.05) is 11.4 Å². The molecule has 21 heavy (non-hydrogen) atoms. The van der Waals surface area contributed by atoms with E-state index in [4.69, 9.17) is 0 Å². The lowest BCUT2D eigenvalue weighted by molar-refractivity contribution is 0.625. The minimum atomic E-state index is -0.137. The summed E-state index contributed by atoms with van der Waals surface area (Å²) in [5, 5.41) is 12.5. The van der Waals surface area contributed by atoms with Crippen LogP contribution in [-0.2, 0) is 6.54 Å². The summed E-state index contributed by atoms with van der Waals surface area (Å²) in [4.78, 5) is 14.1. The van der Waals surface area contributed by atoms with Crippen molar-refractivity contribution in [2.75, 3.05) is 30.4 Å². The standard InChI is InChI=1S/C13H20N6OS/c1-4-6-14-13-11(16-17-21-13)9-19-12(20)7-10(8-15-19)18(3)5-2/h7-8,14H,4-6,9H2,1-3H3. The maximum absolute atomic E-state index is 12.1. The number of rotatable bonds is 7. The molecule has 2 aromatic heterocycles. The van der Waals surface area contributed by atoms with E-state index in [2.05, 4.69) is 26.9 Å². The van der Waals surface area contributed by atoms with Gasteiger partial charge in [0.15, 0.2) is 0 Å². The van der Waals surface area contributed by atoms with Crippen LogP contribution in [0.5, 0.6) is 0 Å². The van der Waals surface area contributed by atoms with Gasteiger partial charge in [0.05, 0.1) is 18.4 Å². The molecule has 0 saturated carbocycles. The van der Waals surface area contributed by atoms with Gasteiger partial charge in [0.25, 0.3) is 5.56 Å². The van der Waals surface area contributed by atoms with Gasteiger partial charge in [-0.05, 0) is 13.3 Å². The lowest BCUT2D eigenvalue weighted by Crippen LogP contribution is -2.26. The van der Waals surface area contributed by atoms with E-state index in [-0.39, 0.29) is 5.56 Å². The Labute approximate surface area is 127 Å². The van der Waals surface area contributed by atoms with Crippen molar-refractivity contribution in [3.8, 4) is 0 Å². The third-order valence-corrected chi connectivity index (χ3v) is 3.89. The first-order valence-electron chi connectivity index (χ1n) is 6.99. The van der Waals surface area contributed by atoms with Crippen LogP contribution in [0.2, 0.25) is 0 Å². The summed E-state index contributed by atoms with van der Waals surface area (Å²) in [6.07, 6.45) is 2.72. The topological polar surface area (TPSA) is 75.9 Å². The second-order valence-corrected chi connectivity index (χ2v) is 5.45. The Balaban J connectivity index is 2.17. The number of nitrogens with one attached hydrogen (secondary N) is 1. The Morgan fingerprint density at radius 3 is 2.90 bits per heavy atom. The molecule has 0 aliphatic carbocycles. The van der Waals surface area contributed by atoms with Gasteiger partial charge in [-0.2, -0.15) is 5.10 Å². The third-order valence-electron chi connectivity index (χ3n) is 3.16. The molecule has 2 heterocycles. The van der Waals surface area contributed by atoms with Gasteiger partial charge in [-0.25, -0.2) is 4.68 Å². The molecule has 2 aromatic rings. The second-order valence-electron chi connectivity index (χ2n) is 4.70. The largest absolute Gasteiger partial charge is 0.374 e. The first-order chi connectivity index (χ1) is 10.2.